The first-order chi connectivity index (χ1) is 36.1. The summed E-state index contributed by atoms with van der Waals surface area (Å²) >= 11 is 0. The second kappa shape index (κ2) is 19.0. The van der Waals surface area contributed by atoms with Crippen molar-refractivity contribution in [2.75, 3.05) is 0 Å². The van der Waals surface area contributed by atoms with Crippen LogP contribution >= 0.6 is 0 Å². The van der Waals surface area contributed by atoms with Crippen LogP contribution in [0.25, 0.3) is 94.5 Å². The summed E-state index contributed by atoms with van der Waals surface area (Å²) in [4.78, 5) is 5.32. The third-order valence-corrected chi connectivity index (χ3v) is 14.9. The highest BCUT2D eigenvalue weighted by Crippen LogP contribution is 2.41. The summed E-state index contributed by atoms with van der Waals surface area (Å²) in [6.45, 7) is 13.7. The molecule has 0 aliphatic carbocycles. The van der Waals surface area contributed by atoms with Gasteiger partial charge in [-0.3, -0.25) is 13.7 Å². The summed E-state index contributed by atoms with van der Waals surface area (Å²) in [6, 6.07) is 79.9. The van der Waals surface area contributed by atoms with Gasteiger partial charge in [0.05, 0.1) is 33.4 Å². The van der Waals surface area contributed by atoms with Crippen molar-refractivity contribution < 1.29 is 9.30 Å². The molecule has 0 aliphatic rings. The third-order valence-electron chi connectivity index (χ3n) is 14.9. The highest BCUT2D eigenvalue weighted by Gasteiger charge is 2.23. The number of imidazole rings is 1. The van der Waals surface area contributed by atoms with Gasteiger partial charge in [-0.05, 0) is 116 Å². The second-order valence-corrected chi connectivity index (χ2v) is 20.9. The molecule has 0 saturated carbocycles. The standard InChI is InChI=1S/C69H58N4O/c1-46(2)47(3)60-43-67(70-44-62(60)51-32-35-53(36-33-51)69(4,5)6)73-63-39-34-52(48-20-10-7-11-21-48)40-61(63)59-38-37-56(42-66(59)73)74-55-27-18-26-54(41-55)71-45-72(65-31-17-16-30-64(65)71)68-57(49-22-12-8-13-23-49)28-19-29-58(68)50-24-14-9-15-25-50/h7-44,46-47H,1-6H3. The highest BCUT2D eigenvalue weighted by atomic mass is 16.5. The van der Waals surface area contributed by atoms with Crippen molar-refractivity contribution in [3.05, 3.63) is 248 Å². The molecule has 0 radical (unpaired) electrons. The van der Waals surface area contributed by atoms with Crippen molar-refractivity contribution in [1.29, 1.82) is 0 Å². The zero-order chi connectivity index (χ0) is 50.5. The number of para-hydroxylation sites is 3. The molecule has 1 unspecified atom stereocenters. The Morgan fingerprint density at radius 1 is 0.486 bits per heavy atom. The molecule has 0 saturated heterocycles. The first-order valence-corrected chi connectivity index (χ1v) is 25.8. The summed E-state index contributed by atoms with van der Waals surface area (Å²) in [5.74, 6) is 3.03. The van der Waals surface area contributed by atoms with E-state index in [-0.39, 0.29) is 11.3 Å². The minimum absolute atomic E-state index is 0.0697. The van der Waals surface area contributed by atoms with Crippen LogP contribution in [0.15, 0.2) is 231 Å². The predicted molar refractivity (Wildman–Crippen MR) is 306 cm³/mol. The molecular weight excluding hydrogens is 901 g/mol. The van der Waals surface area contributed by atoms with Gasteiger partial charge in [0.1, 0.15) is 17.3 Å². The van der Waals surface area contributed by atoms with Crippen molar-refractivity contribution in [2.45, 2.75) is 52.9 Å². The maximum absolute atomic E-state index is 6.92. The molecule has 0 bridgehead atoms. The first kappa shape index (κ1) is 46.3. The topological polar surface area (TPSA) is 35.9 Å². The molecule has 74 heavy (non-hydrogen) atoms. The van der Waals surface area contributed by atoms with E-state index in [4.69, 9.17) is 9.72 Å². The van der Waals surface area contributed by atoms with Crippen LogP contribution < -0.4 is 9.30 Å². The fourth-order valence-corrected chi connectivity index (χ4v) is 10.6. The normalized spacial score (nSPS) is 12.3. The molecule has 0 fully saturated rings. The van der Waals surface area contributed by atoms with Gasteiger partial charge in [-0.1, -0.05) is 211 Å². The Morgan fingerprint density at radius 3 is 1.77 bits per heavy atom. The van der Waals surface area contributed by atoms with Crippen LogP contribution in [0, 0.1) is 12.2 Å². The number of aromatic nitrogens is 4. The van der Waals surface area contributed by atoms with Crippen LogP contribution in [-0.2, 0) is 5.41 Å². The molecular formula is C69H58N4O. The molecule has 5 heteroatoms. The second-order valence-electron chi connectivity index (χ2n) is 20.9. The van der Waals surface area contributed by atoms with Crippen LogP contribution in [-0.4, -0.2) is 14.1 Å². The predicted octanol–water partition coefficient (Wildman–Crippen LogP) is 17.7. The largest absolute Gasteiger partial charge is 0.458 e. The van der Waals surface area contributed by atoms with E-state index in [1.807, 2.05) is 6.07 Å². The number of fused-ring (bicyclic) bond motifs is 4. The molecule has 3 aromatic heterocycles. The number of pyridine rings is 1. The Morgan fingerprint density at radius 2 is 1.09 bits per heavy atom. The fourth-order valence-electron chi connectivity index (χ4n) is 10.6. The van der Waals surface area contributed by atoms with E-state index >= 15 is 0 Å². The average molecular weight is 959 g/mol. The zero-order valence-electron chi connectivity index (χ0n) is 42.8. The van der Waals surface area contributed by atoms with E-state index in [0.717, 1.165) is 83.8 Å². The molecule has 360 valence electrons. The molecule has 0 amide bonds. The first-order valence-electron chi connectivity index (χ1n) is 25.8. The minimum atomic E-state index is 0.0697. The van der Waals surface area contributed by atoms with Crippen molar-refractivity contribution >= 4 is 32.8 Å². The smallest absolute Gasteiger partial charge is 0.269 e. The van der Waals surface area contributed by atoms with E-state index in [1.165, 1.54) is 33.4 Å². The molecule has 0 spiro atoms. The molecule has 0 aliphatic heterocycles. The Kier molecular flexibility index (Phi) is 11.9. The highest BCUT2D eigenvalue weighted by molar-refractivity contribution is 6.10. The van der Waals surface area contributed by atoms with Gasteiger partial charge in [0.2, 0.25) is 0 Å². The summed E-state index contributed by atoms with van der Waals surface area (Å²) in [5, 5.41) is 2.29. The molecule has 3 heterocycles. The van der Waals surface area contributed by atoms with Gasteiger partial charge < -0.3 is 4.74 Å². The maximum Gasteiger partial charge on any atom is 0.269 e. The van der Waals surface area contributed by atoms with Crippen molar-refractivity contribution in [3.8, 4) is 73.2 Å². The summed E-state index contributed by atoms with van der Waals surface area (Å²) < 4.78 is 13.6. The van der Waals surface area contributed by atoms with Crippen LogP contribution in [0.3, 0.4) is 0 Å². The van der Waals surface area contributed by atoms with E-state index in [0.29, 0.717) is 5.92 Å². The quantitative estimate of drug-likeness (QED) is 0.0956. The Bertz CT molecular complexity index is 3940. The lowest BCUT2D eigenvalue weighted by Crippen LogP contribution is -2.31. The van der Waals surface area contributed by atoms with Crippen LogP contribution in [0.4, 0.5) is 0 Å². The Hall–Kier alpha value is -8.80. The number of hydrogen-bond acceptors (Lipinski definition) is 2. The molecule has 5 nitrogen and oxygen atoms in total. The van der Waals surface area contributed by atoms with Gasteiger partial charge in [-0.25, -0.2) is 4.98 Å². The zero-order valence-corrected chi connectivity index (χ0v) is 42.8. The molecule has 1 atom stereocenters. The SMILES string of the molecule is CC(C)C(C)c1cc(-n2c3ccc(-c4ccccc4)cc3c3ccc(Oc4cccc(-n5[c-][n+](-c6c(-c7ccccc7)cccc6-c6ccccc6)c6ccccc65)c4)cc32)ncc1-c1ccc(C(C)(C)C)cc1. The van der Waals surface area contributed by atoms with Crippen LogP contribution in [0.1, 0.15) is 58.6 Å². The molecule has 12 rings (SSSR count). The number of ether oxygens (including phenoxy) is 1. The summed E-state index contributed by atoms with van der Waals surface area (Å²) in [6.07, 6.45) is 5.91. The minimum Gasteiger partial charge on any atom is -0.458 e. The number of benzene rings is 9. The maximum atomic E-state index is 6.92. The van der Waals surface area contributed by atoms with Gasteiger partial charge in [-0.2, -0.15) is 0 Å². The van der Waals surface area contributed by atoms with E-state index in [2.05, 4.69) is 286 Å². The molecule has 9 aromatic carbocycles. The molecule has 0 N–H and O–H groups in total. The summed E-state index contributed by atoms with van der Waals surface area (Å²) in [5.41, 5.74) is 18.1. The van der Waals surface area contributed by atoms with E-state index < -0.39 is 0 Å². The number of rotatable bonds is 11. The van der Waals surface area contributed by atoms with Gasteiger partial charge in [0.15, 0.2) is 0 Å². The van der Waals surface area contributed by atoms with Crippen molar-refractivity contribution in [3.63, 3.8) is 0 Å². The molecule has 12 aromatic rings. The lowest BCUT2D eigenvalue weighted by atomic mass is 9.84. The monoisotopic (exact) mass is 958 g/mol. The summed E-state index contributed by atoms with van der Waals surface area (Å²) in [7, 11) is 0. The van der Waals surface area contributed by atoms with Gasteiger partial charge >= 0.3 is 0 Å². The number of nitrogens with zero attached hydrogens (tertiary/aromatic N) is 4. The van der Waals surface area contributed by atoms with Crippen molar-refractivity contribution in [2.24, 2.45) is 5.92 Å². The Balaban J connectivity index is 0.975. The van der Waals surface area contributed by atoms with E-state index in [9.17, 15) is 0 Å². The van der Waals surface area contributed by atoms with Gasteiger partial charge in [-0.15, -0.1) is 0 Å². The fraction of sp³-hybridized carbons (Fsp3) is 0.130. The Labute approximate surface area is 434 Å². The van der Waals surface area contributed by atoms with Gasteiger partial charge in [0.25, 0.3) is 6.33 Å². The number of hydrogen-bond donors (Lipinski definition) is 0. The van der Waals surface area contributed by atoms with E-state index in [1.54, 1.807) is 0 Å². The third kappa shape index (κ3) is 8.54. The van der Waals surface area contributed by atoms with Crippen molar-refractivity contribution in [1.82, 2.24) is 14.1 Å². The van der Waals surface area contributed by atoms with Gasteiger partial charge in [0, 0.05) is 28.6 Å². The lowest BCUT2D eigenvalue weighted by molar-refractivity contribution is -0.571. The van der Waals surface area contributed by atoms with Crippen LogP contribution in [0.5, 0.6) is 11.5 Å². The average Bonchev–Trinajstić information content (AvgIpc) is 3.99. The lowest BCUT2D eigenvalue weighted by Gasteiger charge is -2.23. The van der Waals surface area contributed by atoms with Crippen LogP contribution in [0.2, 0.25) is 0 Å².